The van der Waals surface area contributed by atoms with Crippen molar-refractivity contribution in [3.8, 4) is 0 Å². The van der Waals surface area contributed by atoms with Crippen LogP contribution >= 0.6 is 11.6 Å². The molecule has 9 heteroatoms. The Kier molecular flexibility index (Phi) is 11.7. The second kappa shape index (κ2) is 15.0. The summed E-state index contributed by atoms with van der Waals surface area (Å²) in [6.45, 7) is 6.84. The van der Waals surface area contributed by atoms with Crippen LogP contribution in [0.25, 0.3) is 0 Å². The van der Waals surface area contributed by atoms with E-state index in [4.69, 9.17) is 11.6 Å². The molecule has 214 valence electrons. The lowest BCUT2D eigenvalue weighted by molar-refractivity contribution is -0.141. The summed E-state index contributed by atoms with van der Waals surface area (Å²) in [5.74, 6) is -0.0983. The number of halogens is 1. The quantitative estimate of drug-likeness (QED) is 0.280. The van der Waals surface area contributed by atoms with Crippen LogP contribution in [0.1, 0.15) is 43.9 Å². The van der Waals surface area contributed by atoms with Crippen LogP contribution in [-0.2, 0) is 39.0 Å². The van der Waals surface area contributed by atoms with Crippen molar-refractivity contribution in [3.63, 3.8) is 0 Å². The molecule has 1 atom stereocenters. The summed E-state index contributed by atoms with van der Waals surface area (Å²) < 4.78 is 27.0. The van der Waals surface area contributed by atoms with Crippen LogP contribution in [0.4, 0.5) is 0 Å². The highest BCUT2D eigenvalue weighted by atomic mass is 35.5. The van der Waals surface area contributed by atoms with E-state index in [0.29, 0.717) is 31.0 Å². The van der Waals surface area contributed by atoms with Crippen LogP contribution in [0.15, 0.2) is 83.8 Å². The maximum Gasteiger partial charge on any atom is 0.243 e. The highest BCUT2D eigenvalue weighted by Crippen LogP contribution is 2.19. The Labute approximate surface area is 243 Å². The highest BCUT2D eigenvalue weighted by Gasteiger charge is 2.30. The van der Waals surface area contributed by atoms with Gasteiger partial charge < -0.3 is 10.2 Å². The molecule has 3 aromatic carbocycles. The molecule has 40 heavy (non-hydrogen) atoms. The number of nitrogens with zero attached hydrogens (tertiary/aromatic N) is 1. The van der Waals surface area contributed by atoms with Crippen LogP contribution in [0.5, 0.6) is 0 Å². The lowest BCUT2D eigenvalue weighted by Gasteiger charge is -2.32. The molecule has 0 aliphatic rings. The van der Waals surface area contributed by atoms with Gasteiger partial charge in [-0.25, -0.2) is 13.1 Å². The van der Waals surface area contributed by atoms with Gasteiger partial charge in [-0.3, -0.25) is 9.59 Å². The number of sulfonamides is 1. The predicted octanol–water partition coefficient (Wildman–Crippen LogP) is 4.98. The second-order valence-corrected chi connectivity index (χ2v) is 12.3. The van der Waals surface area contributed by atoms with Crippen LogP contribution < -0.4 is 10.0 Å². The summed E-state index contributed by atoms with van der Waals surface area (Å²) in [7, 11) is -3.55. The zero-order valence-electron chi connectivity index (χ0n) is 23.3. The number of carbonyl (C=O) groups is 2. The Bertz CT molecular complexity index is 1350. The van der Waals surface area contributed by atoms with E-state index in [2.05, 4.69) is 10.0 Å². The predicted molar refractivity (Wildman–Crippen MR) is 159 cm³/mol. The maximum absolute atomic E-state index is 13.8. The summed E-state index contributed by atoms with van der Waals surface area (Å²) in [5.41, 5.74) is 2.66. The van der Waals surface area contributed by atoms with Crippen molar-refractivity contribution in [1.29, 1.82) is 0 Å². The minimum Gasteiger partial charge on any atom is -0.354 e. The van der Waals surface area contributed by atoms with Crippen molar-refractivity contribution >= 4 is 33.4 Å². The van der Waals surface area contributed by atoms with Gasteiger partial charge in [-0.15, -0.1) is 0 Å². The van der Waals surface area contributed by atoms with Crippen molar-refractivity contribution in [2.75, 3.05) is 13.1 Å². The minimum atomic E-state index is -3.55. The number of hydrogen-bond acceptors (Lipinski definition) is 4. The number of rotatable bonds is 14. The Morgan fingerprint density at radius 1 is 0.875 bits per heavy atom. The fourth-order valence-corrected chi connectivity index (χ4v) is 5.43. The van der Waals surface area contributed by atoms with Gasteiger partial charge in [0.2, 0.25) is 21.8 Å². The Morgan fingerprint density at radius 2 is 1.50 bits per heavy atom. The number of aryl methyl sites for hydroxylation is 1. The third-order valence-electron chi connectivity index (χ3n) is 6.42. The molecule has 0 fully saturated rings. The Morgan fingerprint density at radius 3 is 2.10 bits per heavy atom. The molecule has 3 aromatic rings. The van der Waals surface area contributed by atoms with E-state index < -0.39 is 16.1 Å². The number of nitrogens with one attached hydrogen (secondary N) is 2. The van der Waals surface area contributed by atoms with Gasteiger partial charge in [-0.05, 0) is 53.3 Å². The molecule has 7 nitrogen and oxygen atoms in total. The smallest absolute Gasteiger partial charge is 0.243 e. The first-order chi connectivity index (χ1) is 19.1. The number of carbonyl (C=O) groups excluding carboxylic acids is 2. The third-order valence-corrected chi connectivity index (χ3v) is 8.23. The molecule has 0 spiro atoms. The molecule has 2 N–H and O–H groups in total. The van der Waals surface area contributed by atoms with Crippen molar-refractivity contribution in [2.24, 2.45) is 5.92 Å². The number of benzene rings is 3. The molecule has 0 heterocycles. The van der Waals surface area contributed by atoms with Gasteiger partial charge in [-0.1, -0.05) is 87.0 Å². The van der Waals surface area contributed by atoms with Crippen molar-refractivity contribution in [1.82, 2.24) is 14.9 Å². The molecule has 2 amide bonds. The second-order valence-electron chi connectivity index (χ2n) is 10.1. The molecule has 0 aliphatic carbocycles. The van der Waals surface area contributed by atoms with E-state index in [1.807, 2.05) is 56.3 Å². The minimum absolute atomic E-state index is 0.162. The molecular formula is C31H38ClN3O4S. The largest absolute Gasteiger partial charge is 0.354 e. The van der Waals surface area contributed by atoms with Gasteiger partial charge in [0.05, 0.1) is 4.90 Å². The molecule has 0 aliphatic heterocycles. The van der Waals surface area contributed by atoms with Crippen molar-refractivity contribution < 1.29 is 18.0 Å². The van der Waals surface area contributed by atoms with Gasteiger partial charge in [-0.2, -0.15) is 0 Å². The fraction of sp³-hybridized carbons (Fsp3) is 0.355. The normalized spacial score (nSPS) is 12.2. The van der Waals surface area contributed by atoms with Crippen LogP contribution in [0.2, 0.25) is 5.02 Å². The summed E-state index contributed by atoms with van der Waals surface area (Å²) in [5, 5.41) is 3.61. The summed E-state index contributed by atoms with van der Waals surface area (Å²) in [4.78, 5) is 29.1. The molecular weight excluding hydrogens is 546 g/mol. The SMILES string of the molecule is CCNS(=O)(=O)c1ccc(CCC(=O)N(Cc2ccc(Cl)cc2)[C@@H](Cc2ccccc2)C(=O)NCC(C)C)cc1. The Balaban J connectivity index is 1.86. The molecule has 3 rings (SSSR count). The first-order valence-electron chi connectivity index (χ1n) is 13.5. The topological polar surface area (TPSA) is 95.6 Å². The fourth-order valence-electron chi connectivity index (χ4n) is 4.27. The van der Waals surface area contributed by atoms with Gasteiger partial charge in [0, 0.05) is 37.5 Å². The van der Waals surface area contributed by atoms with E-state index >= 15 is 0 Å². The van der Waals surface area contributed by atoms with Crippen LogP contribution in [0.3, 0.4) is 0 Å². The van der Waals surface area contributed by atoms with E-state index in [1.54, 1.807) is 48.2 Å². The van der Waals surface area contributed by atoms with Crippen LogP contribution in [-0.4, -0.2) is 44.3 Å². The maximum atomic E-state index is 13.8. The molecule has 0 saturated carbocycles. The summed E-state index contributed by atoms with van der Waals surface area (Å²) >= 11 is 6.09. The van der Waals surface area contributed by atoms with E-state index in [-0.39, 0.29) is 35.6 Å². The van der Waals surface area contributed by atoms with Crippen molar-refractivity contribution in [2.45, 2.75) is 57.5 Å². The van der Waals surface area contributed by atoms with E-state index in [0.717, 1.165) is 16.7 Å². The summed E-state index contributed by atoms with van der Waals surface area (Å²) in [6, 6.07) is 22.7. The average molecular weight is 584 g/mol. The summed E-state index contributed by atoms with van der Waals surface area (Å²) in [6.07, 6.45) is 0.944. The van der Waals surface area contributed by atoms with Gasteiger partial charge >= 0.3 is 0 Å². The molecule has 0 aromatic heterocycles. The van der Waals surface area contributed by atoms with E-state index in [9.17, 15) is 18.0 Å². The third kappa shape index (κ3) is 9.47. The number of amides is 2. The molecule has 0 bridgehead atoms. The highest BCUT2D eigenvalue weighted by molar-refractivity contribution is 7.89. The first-order valence-corrected chi connectivity index (χ1v) is 15.4. The van der Waals surface area contributed by atoms with Gasteiger partial charge in [0.25, 0.3) is 0 Å². The lowest BCUT2D eigenvalue weighted by atomic mass is 10.0. The van der Waals surface area contributed by atoms with E-state index in [1.165, 1.54) is 0 Å². The lowest BCUT2D eigenvalue weighted by Crippen LogP contribution is -2.51. The van der Waals surface area contributed by atoms with Gasteiger partial charge in [0.15, 0.2) is 0 Å². The van der Waals surface area contributed by atoms with Gasteiger partial charge in [0.1, 0.15) is 6.04 Å². The number of hydrogen-bond donors (Lipinski definition) is 2. The Hall–Kier alpha value is -3.20. The molecule has 0 radical (unpaired) electrons. The zero-order chi connectivity index (χ0) is 29.1. The van der Waals surface area contributed by atoms with Crippen molar-refractivity contribution in [3.05, 3.63) is 101 Å². The molecule has 0 unspecified atom stereocenters. The standard InChI is InChI=1S/C31H38ClN3O4S/c1-4-34-40(38,39)28-17-12-24(13-18-28)14-19-30(36)35(22-26-10-15-27(32)16-11-26)29(31(37)33-21-23(2)3)20-25-8-6-5-7-9-25/h5-13,15-18,23,29,34H,4,14,19-22H2,1-3H3,(H,33,37)/t29-/m0/s1. The molecule has 0 saturated heterocycles. The monoisotopic (exact) mass is 583 g/mol. The van der Waals surface area contributed by atoms with Crippen LogP contribution in [0, 0.1) is 5.92 Å². The zero-order valence-corrected chi connectivity index (χ0v) is 24.8. The first kappa shape index (κ1) is 31.3. The average Bonchev–Trinajstić information content (AvgIpc) is 2.94.